The van der Waals surface area contributed by atoms with Gasteiger partial charge in [0.2, 0.25) is 0 Å². The van der Waals surface area contributed by atoms with E-state index in [1.54, 1.807) is 10.4 Å². The Hall–Kier alpha value is -0.890. The lowest BCUT2D eigenvalue weighted by Crippen LogP contribution is -2.09. The SMILES string of the molecule is C=C/C(=C\C)N(S)C(=C)/C(C)=C/C. The lowest BCUT2D eigenvalue weighted by molar-refractivity contribution is 0.748. The molecule has 0 aromatic carbocycles. The highest BCUT2D eigenvalue weighted by Crippen LogP contribution is 2.20. The number of hydrogen-bond acceptors (Lipinski definition) is 2. The van der Waals surface area contributed by atoms with Gasteiger partial charge in [0.15, 0.2) is 0 Å². The van der Waals surface area contributed by atoms with E-state index in [4.69, 9.17) is 0 Å². The second-order valence-corrected chi connectivity index (χ2v) is 3.05. The molecule has 0 unspecified atom stereocenters. The molecule has 0 N–H and O–H groups in total. The highest BCUT2D eigenvalue weighted by Gasteiger charge is 2.06. The minimum absolute atomic E-state index is 0.874. The van der Waals surface area contributed by atoms with E-state index in [0.717, 1.165) is 17.0 Å². The van der Waals surface area contributed by atoms with Crippen LogP contribution in [0.5, 0.6) is 0 Å². The molecule has 0 amide bonds. The molecule has 0 bridgehead atoms. The molecule has 0 spiro atoms. The molecule has 0 aromatic rings. The first-order chi connectivity index (χ1) is 6.08. The lowest BCUT2D eigenvalue weighted by atomic mass is 10.2. The Labute approximate surface area is 86.7 Å². The minimum Gasteiger partial charge on any atom is -0.288 e. The maximum atomic E-state index is 4.33. The third kappa shape index (κ3) is 3.15. The van der Waals surface area contributed by atoms with Crippen molar-refractivity contribution in [2.75, 3.05) is 0 Å². The summed E-state index contributed by atoms with van der Waals surface area (Å²) in [5, 5.41) is 0. The van der Waals surface area contributed by atoms with Gasteiger partial charge in [-0.25, -0.2) is 0 Å². The number of rotatable bonds is 4. The van der Waals surface area contributed by atoms with Crippen molar-refractivity contribution in [3.63, 3.8) is 0 Å². The molecule has 0 aliphatic carbocycles. The van der Waals surface area contributed by atoms with Gasteiger partial charge in [0.25, 0.3) is 0 Å². The second kappa shape index (κ2) is 5.70. The van der Waals surface area contributed by atoms with Gasteiger partial charge in [0, 0.05) is 11.4 Å². The first-order valence-corrected chi connectivity index (χ1v) is 4.58. The monoisotopic (exact) mass is 195 g/mol. The Kier molecular flexibility index (Phi) is 5.31. The van der Waals surface area contributed by atoms with Gasteiger partial charge in [-0.05, 0) is 32.4 Å². The van der Waals surface area contributed by atoms with Crippen LogP contribution < -0.4 is 0 Å². The molecular weight excluding hydrogens is 178 g/mol. The van der Waals surface area contributed by atoms with E-state index in [2.05, 4.69) is 26.0 Å². The maximum absolute atomic E-state index is 4.33. The van der Waals surface area contributed by atoms with Crippen molar-refractivity contribution in [3.05, 3.63) is 48.4 Å². The predicted molar refractivity (Wildman–Crippen MR) is 63.4 cm³/mol. The summed E-state index contributed by atoms with van der Waals surface area (Å²) in [6.07, 6.45) is 5.69. The Balaban J connectivity index is 4.70. The Morgan fingerprint density at radius 2 is 1.85 bits per heavy atom. The average molecular weight is 195 g/mol. The molecule has 1 nitrogen and oxygen atoms in total. The van der Waals surface area contributed by atoms with Crippen LogP contribution in [0.3, 0.4) is 0 Å². The van der Waals surface area contributed by atoms with E-state index >= 15 is 0 Å². The minimum atomic E-state index is 0.874. The smallest absolute Gasteiger partial charge is 0.0476 e. The summed E-state index contributed by atoms with van der Waals surface area (Å²) in [5.74, 6) is 0. The molecule has 0 aliphatic heterocycles. The molecule has 2 heteroatoms. The van der Waals surface area contributed by atoms with Gasteiger partial charge in [-0.2, -0.15) is 0 Å². The van der Waals surface area contributed by atoms with Crippen LogP contribution in [-0.2, 0) is 0 Å². The summed E-state index contributed by atoms with van der Waals surface area (Å²) >= 11 is 4.33. The standard InChI is InChI=1S/C11H17NS/c1-6-9(4)10(5)12(13)11(7-2)8-3/h6-8,13H,2,5H2,1,3-4H3/b9-6+,11-8+. The first kappa shape index (κ1) is 12.1. The van der Waals surface area contributed by atoms with Crippen molar-refractivity contribution in [2.45, 2.75) is 20.8 Å². The fraction of sp³-hybridized carbons (Fsp3) is 0.273. The van der Waals surface area contributed by atoms with Crippen molar-refractivity contribution in [1.82, 2.24) is 4.31 Å². The van der Waals surface area contributed by atoms with Crippen molar-refractivity contribution in [1.29, 1.82) is 0 Å². The first-order valence-electron chi connectivity index (χ1n) is 4.18. The van der Waals surface area contributed by atoms with Gasteiger partial charge >= 0.3 is 0 Å². The van der Waals surface area contributed by atoms with Gasteiger partial charge in [0.1, 0.15) is 0 Å². The molecular formula is C11H17NS. The van der Waals surface area contributed by atoms with Crippen LogP contribution in [0, 0.1) is 0 Å². The Morgan fingerprint density at radius 1 is 1.31 bits per heavy atom. The van der Waals surface area contributed by atoms with Crippen molar-refractivity contribution >= 4 is 12.8 Å². The van der Waals surface area contributed by atoms with Crippen molar-refractivity contribution in [2.24, 2.45) is 0 Å². The number of hydrogen-bond donors (Lipinski definition) is 1. The largest absolute Gasteiger partial charge is 0.288 e. The molecule has 0 saturated heterocycles. The van der Waals surface area contributed by atoms with Crippen LogP contribution in [0.2, 0.25) is 0 Å². The molecule has 0 rings (SSSR count). The molecule has 0 saturated carbocycles. The summed E-state index contributed by atoms with van der Waals surface area (Å²) in [4.78, 5) is 0. The zero-order valence-electron chi connectivity index (χ0n) is 8.54. The van der Waals surface area contributed by atoms with Gasteiger partial charge in [-0.15, -0.1) is 0 Å². The van der Waals surface area contributed by atoms with E-state index in [1.807, 2.05) is 32.9 Å². The molecule has 0 atom stereocenters. The zero-order chi connectivity index (χ0) is 10.4. The van der Waals surface area contributed by atoms with Gasteiger partial charge in [0.05, 0.1) is 0 Å². The van der Waals surface area contributed by atoms with Gasteiger partial charge < -0.3 is 0 Å². The lowest BCUT2D eigenvalue weighted by Gasteiger charge is -2.21. The Bertz CT molecular complexity index is 261. The predicted octanol–water partition coefficient (Wildman–Crippen LogP) is 3.70. The van der Waals surface area contributed by atoms with Crippen molar-refractivity contribution in [3.8, 4) is 0 Å². The van der Waals surface area contributed by atoms with Crippen LogP contribution in [0.25, 0.3) is 0 Å². The van der Waals surface area contributed by atoms with Gasteiger partial charge in [-0.1, -0.05) is 38.1 Å². The molecule has 13 heavy (non-hydrogen) atoms. The number of allylic oxidation sites excluding steroid dienone is 4. The van der Waals surface area contributed by atoms with E-state index in [0.29, 0.717) is 0 Å². The highest BCUT2D eigenvalue weighted by atomic mass is 32.1. The quantitative estimate of drug-likeness (QED) is 0.529. The van der Waals surface area contributed by atoms with E-state index < -0.39 is 0 Å². The fourth-order valence-corrected chi connectivity index (χ4v) is 1.17. The van der Waals surface area contributed by atoms with E-state index in [-0.39, 0.29) is 0 Å². The molecule has 0 heterocycles. The summed E-state index contributed by atoms with van der Waals surface area (Å²) < 4.78 is 1.72. The van der Waals surface area contributed by atoms with Crippen LogP contribution in [-0.4, -0.2) is 4.31 Å². The van der Waals surface area contributed by atoms with Crippen LogP contribution in [0.1, 0.15) is 20.8 Å². The molecule has 72 valence electrons. The molecule has 0 aliphatic rings. The highest BCUT2D eigenvalue weighted by molar-refractivity contribution is 7.78. The van der Waals surface area contributed by atoms with Crippen LogP contribution in [0.15, 0.2) is 48.4 Å². The number of nitrogens with zero attached hydrogens (tertiary/aromatic N) is 1. The van der Waals surface area contributed by atoms with Crippen LogP contribution in [0.4, 0.5) is 0 Å². The summed E-state index contributed by atoms with van der Waals surface area (Å²) in [5.41, 5.74) is 2.92. The van der Waals surface area contributed by atoms with E-state index in [1.165, 1.54) is 0 Å². The van der Waals surface area contributed by atoms with Gasteiger partial charge in [-0.3, -0.25) is 4.31 Å². The topological polar surface area (TPSA) is 3.24 Å². The zero-order valence-corrected chi connectivity index (χ0v) is 9.44. The third-order valence-corrected chi connectivity index (χ3v) is 2.37. The van der Waals surface area contributed by atoms with Crippen LogP contribution >= 0.6 is 12.8 Å². The normalized spacial score (nSPS) is 12.6. The third-order valence-electron chi connectivity index (χ3n) is 1.89. The summed E-state index contributed by atoms with van der Waals surface area (Å²) in [7, 11) is 0. The maximum Gasteiger partial charge on any atom is 0.0476 e. The molecule has 0 fully saturated rings. The molecule has 0 radical (unpaired) electrons. The fourth-order valence-electron chi connectivity index (χ4n) is 0.816. The van der Waals surface area contributed by atoms with Crippen molar-refractivity contribution < 1.29 is 0 Å². The Morgan fingerprint density at radius 3 is 2.15 bits per heavy atom. The molecule has 0 aromatic heterocycles. The average Bonchev–Trinajstić information content (AvgIpc) is 2.17. The van der Waals surface area contributed by atoms with E-state index in [9.17, 15) is 0 Å². The summed E-state index contributed by atoms with van der Waals surface area (Å²) in [6.45, 7) is 13.6. The number of thiol groups is 1. The summed E-state index contributed by atoms with van der Waals surface area (Å²) in [6, 6.07) is 0. The second-order valence-electron chi connectivity index (χ2n) is 2.65.